The summed E-state index contributed by atoms with van der Waals surface area (Å²) in [6, 6.07) is 17.6. The third-order valence-corrected chi connectivity index (χ3v) is 5.76. The van der Waals surface area contributed by atoms with Gasteiger partial charge in [0.1, 0.15) is 0 Å². The summed E-state index contributed by atoms with van der Waals surface area (Å²) in [5, 5.41) is 16.5. The average Bonchev–Trinajstić information content (AvgIpc) is 3.42. The molecule has 9 heteroatoms. The maximum atomic E-state index is 12.3. The van der Waals surface area contributed by atoms with Crippen molar-refractivity contribution in [3.8, 4) is 22.8 Å². The summed E-state index contributed by atoms with van der Waals surface area (Å²) >= 11 is 1.30. The van der Waals surface area contributed by atoms with E-state index in [1.807, 2.05) is 61.5 Å². The number of ether oxygens (including phenoxy) is 2. The van der Waals surface area contributed by atoms with E-state index >= 15 is 0 Å². The van der Waals surface area contributed by atoms with Gasteiger partial charge in [-0.2, -0.15) is 9.61 Å². The summed E-state index contributed by atoms with van der Waals surface area (Å²) in [5.74, 6) is 1.53. The van der Waals surface area contributed by atoms with Crippen LogP contribution in [-0.4, -0.2) is 38.3 Å². The predicted octanol–water partition coefficient (Wildman–Crippen LogP) is 3.24. The number of thioether (sulfide) groups is 1. The second-order valence-electron chi connectivity index (χ2n) is 7.09. The first-order valence-electron chi connectivity index (χ1n) is 9.73. The lowest BCUT2D eigenvalue weighted by atomic mass is 10.1. The van der Waals surface area contributed by atoms with Crippen molar-refractivity contribution in [1.29, 1.82) is 0 Å². The molecule has 1 N–H and O–H groups in total. The standard InChI is InChI=1S/C22H19N5O3S/c1-14-2-5-16(6-3-14)17-7-9-20-24-25-22(27(20)26-17)31-12-21(28)23-11-15-4-8-18-19(10-15)30-13-29-18/h2-10H,11-13H2,1H3,(H,23,28). The van der Waals surface area contributed by atoms with Crippen LogP contribution < -0.4 is 14.8 Å². The highest BCUT2D eigenvalue weighted by molar-refractivity contribution is 7.99. The van der Waals surface area contributed by atoms with Gasteiger partial charge in [0.2, 0.25) is 17.9 Å². The average molecular weight is 433 g/mol. The Labute approximate surface area is 182 Å². The lowest BCUT2D eigenvalue weighted by Crippen LogP contribution is -2.24. The molecule has 2 aromatic carbocycles. The molecular weight excluding hydrogens is 414 g/mol. The minimum atomic E-state index is -0.103. The van der Waals surface area contributed by atoms with Crippen LogP contribution >= 0.6 is 11.8 Å². The fourth-order valence-corrected chi connectivity index (χ4v) is 3.89. The number of carbonyl (C=O) groups is 1. The van der Waals surface area contributed by atoms with Crippen LogP contribution in [-0.2, 0) is 11.3 Å². The van der Waals surface area contributed by atoms with Gasteiger partial charge in [0.25, 0.3) is 0 Å². The van der Waals surface area contributed by atoms with Crippen molar-refractivity contribution in [2.45, 2.75) is 18.6 Å². The van der Waals surface area contributed by atoms with Crippen LogP contribution in [0.1, 0.15) is 11.1 Å². The third kappa shape index (κ3) is 4.17. The molecule has 0 unspecified atom stereocenters. The van der Waals surface area contributed by atoms with Crippen LogP contribution in [0.3, 0.4) is 0 Å². The Morgan fingerprint density at radius 2 is 1.90 bits per heavy atom. The van der Waals surface area contributed by atoms with Crippen molar-refractivity contribution < 1.29 is 14.3 Å². The van der Waals surface area contributed by atoms with Crippen molar-refractivity contribution >= 4 is 23.3 Å². The highest BCUT2D eigenvalue weighted by atomic mass is 32.2. The van der Waals surface area contributed by atoms with E-state index in [-0.39, 0.29) is 18.5 Å². The largest absolute Gasteiger partial charge is 0.454 e. The number of rotatable bonds is 6. The number of aryl methyl sites for hydroxylation is 1. The number of nitrogens with one attached hydrogen (secondary N) is 1. The van der Waals surface area contributed by atoms with Crippen molar-refractivity contribution in [3.05, 3.63) is 65.7 Å². The number of benzene rings is 2. The van der Waals surface area contributed by atoms with Gasteiger partial charge < -0.3 is 14.8 Å². The van der Waals surface area contributed by atoms with Crippen LogP contribution in [0.4, 0.5) is 0 Å². The topological polar surface area (TPSA) is 90.6 Å². The Balaban J connectivity index is 1.23. The molecule has 5 rings (SSSR count). The van der Waals surface area contributed by atoms with Gasteiger partial charge in [0.05, 0.1) is 11.4 Å². The molecule has 1 aliphatic rings. The molecule has 0 aliphatic carbocycles. The highest BCUT2D eigenvalue weighted by Gasteiger charge is 2.14. The van der Waals surface area contributed by atoms with E-state index in [4.69, 9.17) is 9.47 Å². The minimum absolute atomic E-state index is 0.103. The molecule has 4 aromatic rings. The third-order valence-electron chi connectivity index (χ3n) is 4.84. The van der Waals surface area contributed by atoms with Crippen LogP contribution in [0.25, 0.3) is 16.9 Å². The van der Waals surface area contributed by atoms with Crippen molar-refractivity contribution in [2.24, 2.45) is 0 Å². The molecule has 0 spiro atoms. The van der Waals surface area contributed by atoms with Crippen molar-refractivity contribution in [1.82, 2.24) is 25.1 Å². The first kappa shape index (κ1) is 19.4. The van der Waals surface area contributed by atoms with Gasteiger partial charge in [-0.1, -0.05) is 47.7 Å². The van der Waals surface area contributed by atoms with E-state index in [1.165, 1.54) is 17.3 Å². The smallest absolute Gasteiger partial charge is 0.231 e. The van der Waals surface area contributed by atoms with Gasteiger partial charge >= 0.3 is 0 Å². The number of hydrogen-bond donors (Lipinski definition) is 1. The Bertz CT molecular complexity index is 1260. The Hall–Kier alpha value is -3.59. The zero-order valence-electron chi connectivity index (χ0n) is 16.7. The molecule has 156 valence electrons. The fourth-order valence-electron chi connectivity index (χ4n) is 3.17. The number of aromatic nitrogens is 4. The normalized spacial score (nSPS) is 12.3. The molecule has 0 saturated carbocycles. The number of fused-ring (bicyclic) bond motifs is 2. The van der Waals surface area contributed by atoms with Gasteiger partial charge in [0, 0.05) is 12.1 Å². The summed E-state index contributed by atoms with van der Waals surface area (Å²) in [6.45, 7) is 2.69. The molecule has 1 aliphatic heterocycles. The molecule has 8 nitrogen and oxygen atoms in total. The summed E-state index contributed by atoms with van der Waals surface area (Å²) < 4.78 is 12.3. The SMILES string of the molecule is Cc1ccc(-c2ccc3nnc(SCC(=O)NCc4ccc5c(c4)OCO5)n3n2)cc1. The zero-order chi connectivity index (χ0) is 21.2. The summed E-state index contributed by atoms with van der Waals surface area (Å²) in [6.07, 6.45) is 0. The van der Waals surface area contributed by atoms with Gasteiger partial charge in [-0.05, 0) is 36.8 Å². The monoisotopic (exact) mass is 433 g/mol. The summed E-state index contributed by atoms with van der Waals surface area (Å²) in [4.78, 5) is 12.3. The maximum Gasteiger partial charge on any atom is 0.231 e. The van der Waals surface area contributed by atoms with Crippen LogP contribution in [0.15, 0.2) is 59.8 Å². The minimum Gasteiger partial charge on any atom is -0.454 e. The van der Waals surface area contributed by atoms with Gasteiger partial charge in [-0.25, -0.2) is 0 Å². The Kier molecular flexibility index (Phi) is 5.17. The first-order chi connectivity index (χ1) is 15.2. The molecular formula is C22H19N5O3S. The second kappa shape index (κ2) is 8.27. The van der Waals surface area contributed by atoms with E-state index in [1.54, 1.807) is 4.52 Å². The van der Waals surface area contributed by atoms with Crippen LogP contribution in [0.2, 0.25) is 0 Å². The zero-order valence-corrected chi connectivity index (χ0v) is 17.6. The molecule has 0 bridgehead atoms. The molecule has 0 saturated heterocycles. The molecule has 0 radical (unpaired) electrons. The molecule has 3 heterocycles. The summed E-state index contributed by atoms with van der Waals surface area (Å²) in [7, 11) is 0. The predicted molar refractivity (Wildman–Crippen MR) is 116 cm³/mol. The molecule has 1 amide bonds. The van der Waals surface area contributed by atoms with E-state index in [2.05, 4.69) is 20.6 Å². The quantitative estimate of drug-likeness (QED) is 0.467. The Morgan fingerprint density at radius 1 is 1.06 bits per heavy atom. The molecule has 31 heavy (non-hydrogen) atoms. The maximum absolute atomic E-state index is 12.3. The van der Waals surface area contributed by atoms with Gasteiger partial charge in [0.15, 0.2) is 17.1 Å². The molecule has 2 aromatic heterocycles. The van der Waals surface area contributed by atoms with Gasteiger partial charge in [-0.15, -0.1) is 10.2 Å². The number of hydrogen-bond acceptors (Lipinski definition) is 7. The number of carbonyl (C=O) groups excluding carboxylic acids is 1. The highest BCUT2D eigenvalue weighted by Crippen LogP contribution is 2.32. The lowest BCUT2D eigenvalue weighted by Gasteiger charge is -2.06. The molecule has 0 atom stereocenters. The summed E-state index contributed by atoms with van der Waals surface area (Å²) in [5.41, 5.74) is 4.61. The Morgan fingerprint density at radius 3 is 2.77 bits per heavy atom. The number of nitrogens with zero attached hydrogens (tertiary/aromatic N) is 4. The van der Waals surface area contributed by atoms with Crippen molar-refractivity contribution in [2.75, 3.05) is 12.5 Å². The van der Waals surface area contributed by atoms with Crippen molar-refractivity contribution in [3.63, 3.8) is 0 Å². The van der Waals surface area contributed by atoms with E-state index in [9.17, 15) is 4.79 Å². The molecule has 0 fully saturated rings. The van der Waals surface area contributed by atoms with Crippen LogP contribution in [0, 0.1) is 6.92 Å². The van der Waals surface area contributed by atoms with E-state index in [0.29, 0.717) is 23.1 Å². The number of amides is 1. The van der Waals surface area contributed by atoms with E-state index in [0.717, 1.165) is 22.6 Å². The lowest BCUT2D eigenvalue weighted by molar-refractivity contribution is -0.118. The van der Waals surface area contributed by atoms with E-state index < -0.39 is 0 Å². The van der Waals surface area contributed by atoms with Gasteiger partial charge in [-0.3, -0.25) is 4.79 Å². The van der Waals surface area contributed by atoms with Crippen LogP contribution in [0.5, 0.6) is 11.5 Å². The second-order valence-corrected chi connectivity index (χ2v) is 8.03. The first-order valence-corrected chi connectivity index (χ1v) is 10.7. The fraction of sp³-hybridized carbons (Fsp3) is 0.182.